The monoisotopic (exact) mass is 350 g/mol. The third kappa shape index (κ3) is 4.46. The maximum atomic E-state index is 12.5. The van der Waals surface area contributed by atoms with Crippen LogP contribution >= 0.6 is 0 Å². The Morgan fingerprint density at radius 3 is 2.12 bits per heavy atom. The second kappa shape index (κ2) is 7.08. The minimum Gasteiger partial charge on any atom is -0.366 e. The number of hydrogen-bond donors (Lipinski definition) is 2. The van der Waals surface area contributed by atoms with E-state index in [-0.39, 0.29) is 11.4 Å². The van der Waals surface area contributed by atoms with Gasteiger partial charge >= 0.3 is 6.18 Å². The van der Waals surface area contributed by atoms with Crippen molar-refractivity contribution in [2.75, 3.05) is 10.6 Å². The normalized spacial score (nSPS) is 15.2. The predicted octanol–water partition coefficient (Wildman–Crippen LogP) is 4.10. The number of rotatable bonds is 4. The zero-order valence-corrected chi connectivity index (χ0v) is 13.3. The molecule has 0 bridgehead atoms. The van der Waals surface area contributed by atoms with Gasteiger partial charge in [-0.15, -0.1) is 10.2 Å². The van der Waals surface area contributed by atoms with Gasteiger partial charge in [0.05, 0.1) is 5.56 Å². The van der Waals surface area contributed by atoms with Gasteiger partial charge < -0.3 is 10.6 Å². The first-order valence-corrected chi connectivity index (χ1v) is 8.01. The van der Waals surface area contributed by atoms with E-state index in [1.165, 1.54) is 12.8 Å². The number of hydrogen-bond acceptors (Lipinski definition) is 4. The van der Waals surface area contributed by atoms with Crippen LogP contribution in [-0.4, -0.2) is 22.1 Å². The molecule has 0 radical (unpaired) electrons. The van der Waals surface area contributed by atoms with E-state index < -0.39 is 17.6 Å². The average molecular weight is 350 g/mol. The van der Waals surface area contributed by atoms with Crippen molar-refractivity contribution in [3.05, 3.63) is 47.5 Å². The molecule has 1 heterocycles. The molecule has 1 saturated carbocycles. The van der Waals surface area contributed by atoms with Crippen molar-refractivity contribution in [3.63, 3.8) is 0 Å². The molecule has 5 nitrogen and oxygen atoms in total. The summed E-state index contributed by atoms with van der Waals surface area (Å²) >= 11 is 0. The van der Waals surface area contributed by atoms with E-state index in [9.17, 15) is 18.0 Å². The van der Waals surface area contributed by atoms with E-state index in [2.05, 4.69) is 20.8 Å². The maximum absolute atomic E-state index is 12.5. The molecule has 0 atom stereocenters. The highest BCUT2D eigenvalue weighted by molar-refractivity contribution is 6.03. The van der Waals surface area contributed by atoms with Gasteiger partial charge in [-0.3, -0.25) is 4.79 Å². The highest BCUT2D eigenvalue weighted by atomic mass is 19.4. The molecule has 1 aliphatic carbocycles. The fourth-order valence-corrected chi connectivity index (χ4v) is 2.75. The first kappa shape index (κ1) is 17.2. The van der Waals surface area contributed by atoms with Gasteiger partial charge in [-0.1, -0.05) is 12.8 Å². The molecule has 3 rings (SSSR count). The summed E-state index contributed by atoms with van der Waals surface area (Å²) in [5, 5.41) is 13.7. The van der Waals surface area contributed by atoms with Crippen molar-refractivity contribution in [2.45, 2.75) is 37.9 Å². The first-order chi connectivity index (χ1) is 11.9. The minimum absolute atomic E-state index is 0.114. The highest BCUT2D eigenvalue weighted by Gasteiger charge is 2.30. The molecule has 0 spiro atoms. The zero-order valence-electron chi connectivity index (χ0n) is 13.3. The van der Waals surface area contributed by atoms with Crippen LogP contribution in [0.3, 0.4) is 0 Å². The molecule has 1 fully saturated rings. The van der Waals surface area contributed by atoms with Crippen LogP contribution in [0.4, 0.5) is 24.8 Å². The number of carbonyl (C=O) groups excluding carboxylic acids is 1. The summed E-state index contributed by atoms with van der Waals surface area (Å²) in [6, 6.07) is 7.72. The molecule has 1 aromatic carbocycles. The highest BCUT2D eigenvalue weighted by Crippen LogP contribution is 2.29. The number of amides is 1. The van der Waals surface area contributed by atoms with Crippen molar-refractivity contribution in [3.8, 4) is 0 Å². The second-order valence-corrected chi connectivity index (χ2v) is 5.96. The fourth-order valence-electron chi connectivity index (χ4n) is 2.75. The molecule has 8 heteroatoms. The number of nitrogens with one attached hydrogen (secondary N) is 2. The lowest BCUT2D eigenvalue weighted by molar-refractivity contribution is -0.137. The van der Waals surface area contributed by atoms with Crippen molar-refractivity contribution in [2.24, 2.45) is 0 Å². The van der Waals surface area contributed by atoms with E-state index in [1.54, 1.807) is 12.1 Å². The van der Waals surface area contributed by atoms with Crippen molar-refractivity contribution in [1.29, 1.82) is 0 Å². The SMILES string of the molecule is O=C(Nc1ccc(NC2CCCC2)nn1)c1ccc(C(F)(F)F)cc1. The van der Waals surface area contributed by atoms with Crippen LogP contribution in [-0.2, 0) is 6.18 Å². The van der Waals surface area contributed by atoms with E-state index in [0.29, 0.717) is 11.9 Å². The summed E-state index contributed by atoms with van der Waals surface area (Å²) < 4.78 is 37.6. The van der Waals surface area contributed by atoms with E-state index in [1.807, 2.05) is 0 Å². The van der Waals surface area contributed by atoms with Crippen LogP contribution in [0.5, 0.6) is 0 Å². The Kier molecular flexibility index (Phi) is 4.87. The number of anilines is 2. The summed E-state index contributed by atoms with van der Waals surface area (Å²) in [6.07, 6.45) is 0.184. The van der Waals surface area contributed by atoms with Crippen LogP contribution in [0.15, 0.2) is 36.4 Å². The molecule has 0 unspecified atom stereocenters. The second-order valence-electron chi connectivity index (χ2n) is 5.96. The Morgan fingerprint density at radius 2 is 1.56 bits per heavy atom. The number of benzene rings is 1. The van der Waals surface area contributed by atoms with Gasteiger partial charge in [-0.2, -0.15) is 13.2 Å². The standard InChI is InChI=1S/C17H17F3N4O/c18-17(19,20)12-7-5-11(6-8-12)16(25)22-15-10-9-14(23-24-15)21-13-3-1-2-4-13/h5-10,13H,1-4H2,(H,21,23)(H,22,24,25). The zero-order chi connectivity index (χ0) is 17.9. The lowest BCUT2D eigenvalue weighted by Gasteiger charge is -2.12. The first-order valence-electron chi connectivity index (χ1n) is 8.01. The largest absolute Gasteiger partial charge is 0.416 e. The van der Waals surface area contributed by atoms with E-state index in [4.69, 9.17) is 0 Å². The smallest absolute Gasteiger partial charge is 0.366 e. The molecule has 2 aromatic rings. The van der Waals surface area contributed by atoms with Gasteiger partial charge in [0.15, 0.2) is 5.82 Å². The molecule has 1 aromatic heterocycles. The minimum atomic E-state index is -4.43. The quantitative estimate of drug-likeness (QED) is 0.871. The number of carbonyl (C=O) groups is 1. The Morgan fingerprint density at radius 1 is 0.960 bits per heavy atom. The van der Waals surface area contributed by atoms with Crippen molar-refractivity contribution in [1.82, 2.24) is 10.2 Å². The van der Waals surface area contributed by atoms with E-state index >= 15 is 0 Å². The van der Waals surface area contributed by atoms with Gasteiger partial charge in [-0.25, -0.2) is 0 Å². The Hall–Kier alpha value is -2.64. The number of nitrogens with zero attached hydrogens (tertiary/aromatic N) is 2. The molecule has 1 amide bonds. The van der Waals surface area contributed by atoms with Crippen molar-refractivity contribution >= 4 is 17.5 Å². The van der Waals surface area contributed by atoms with Gasteiger partial charge in [-0.05, 0) is 49.2 Å². The summed E-state index contributed by atoms with van der Waals surface area (Å²) in [5.41, 5.74) is -0.686. The molecule has 1 aliphatic rings. The fraction of sp³-hybridized carbons (Fsp3) is 0.353. The third-order valence-corrected chi connectivity index (χ3v) is 4.09. The van der Waals surface area contributed by atoms with Crippen LogP contribution in [0.2, 0.25) is 0 Å². The topological polar surface area (TPSA) is 66.9 Å². The number of halogens is 3. The Bertz CT molecular complexity index is 723. The van der Waals surface area contributed by atoms with E-state index in [0.717, 1.165) is 37.1 Å². The lowest BCUT2D eigenvalue weighted by atomic mass is 10.1. The maximum Gasteiger partial charge on any atom is 0.416 e. The van der Waals surface area contributed by atoms with Crippen LogP contribution in [0.25, 0.3) is 0 Å². The molecule has 25 heavy (non-hydrogen) atoms. The lowest BCUT2D eigenvalue weighted by Crippen LogP contribution is -2.17. The van der Waals surface area contributed by atoms with Crippen molar-refractivity contribution < 1.29 is 18.0 Å². The summed E-state index contributed by atoms with van der Waals surface area (Å²) in [7, 11) is 0. The molecule has 0 aliphatic heterocycles. The van der Waals surface area contributed by atoms with Crippen LogP contribution in [0, 0.1) is 0 Å². The van der Waals surface area contributed by atoms with Gasteiger partial charge in [0.1, 0.15) is 5.82 Å². The van der Waals surface area contributed by atoms with Gasteiger partial charge in [0, 0.05) is 11.6 Å². The predicted molar refractivity (Wildman–Crippen MR) is 87.3 cm³/mol. The van der Waals surface area contributed by atoms with Crippen LogP contribution < -0.4 is 10.6 Å². The number of aromatic nitrogens is 2. The third-order valence-electron chi connectivity index (χ3n) is 4.09. The average Bonchev–Trinajstić information content (AvgIpc) is 3.09. The molecule has 2 N–H and O–H groups in total. The number of alkyl halides is 3. The molecular weight excluding hydrogens is 333 g/mol. The van der Waals surface area contributed by atoms with Gasteiger partial charge in [0.2, 0.25) is 0 Å². The Labute approximate surface area is 142 Å². The summed E-state index contributed by atoms with van der Waals surface area (Å²) in [6.45, 7) is 0. The van der Waals surface area contributed by atoms with Crippen LogP contribution in [0.1, 0.15) is 41.6 Å². The molecule has 0 saturated heterocycles. The Balaban J connectivity index is 1.60. The summed E-state index contributed by atoms with van der Waals surface area (Å²) in [4.78, 5) is 12.1. The molecular formula is C17H17F3N4O. The molecule has 132 valence electrons. The summed E-state index contributed by atoms with van der Waals surface area (Å²) in [5.74, 6) is 0.334. The van der Waals surface area contributed by atoms with Gasteiger partial charge in [0.25, 0.3) is 5.91 Å².